The molecule has 0 aliphatic heterocycles. The van der Waals surface area contributed by atoms with E-state index >= 15 is 0 Å². The first kappa shape index (κ1) is 15.9. The molecule has 54 valence electrons. The van der Waals surface area contributed by atoms with Crippen molar-refractivity contribution in [3.63, 3.8) is 0 Å². The first-order valence-electron chi connectivity index (χ1n) is 2.46. The molecule has 3 heteroatoms. The molecule has 0 spiro atoms. The quantitative estimate of drug-likeness (QED) is 0.625. The summed E-state index contributed by atoms with van der Waals surface area (Å²) in [6.45, 7) is 2.65. The van der Waals surface area contributed by atoms with Gasteiger partial charge in [0.25, 0.3) is 0 Å². The lowest BCUT2D eigenvalue weighted by atomic mass is 10.8. The van der Waals surface area contributed by atoms with Crippen LogP contribution in [-0.4, -0.2) is 32.6 Å². The Hall–Kier alpha value is 0.650. The van der Waals surface area contributed by atoms with Crippen molar-refractivity contribution in [2.24, 2.45) is 5.73 Å². The molecule has 0 aliphatic carbocycles. The maximum absolute atomic E-state index is 4.85. The van der Waals surface area contributed by atoms with Gasteiger partial charge in [-0.15, -0.1) is 24.0 Å². The third-order valence-electron chi connectivity index (χ3n) is 0. The van der Waals surface area contributed by atoms with Crippen LogP contribution in [-0.2, 0) is 0 Å². The summed E-state index contributed by atoms with van der Waals surface area (Å²) in [5.74, 6) is 0. The summed E-state index contributed by atoms with van der Waals surface area (Å²) in [7, 11) is 6.00. The molecule has 0 aliphatic rings. The Bertz CT molecular complexity index is 21.6. The number of halogens is 1. The largest absolute Gasteiger partial charge is 0.331 e. The third-order valence-corrected chi connectivity index (χ3v) is 0. The van der Waals surface area contributed by atoms with Crippen LogP contribution >= 0.6 is 24.0 Å². The Balaban J connectivity index is -0.0000000575. The van der Waals surface area contributed by atoms with Crippen LogP contribution in [0.5, 0.6) is 0 Å². The van der Waals surface area contributed by atoms with Gasteiger partial charge < -0.3 is 10.6 Å². The van der Waals surface area contributed by atoms with Gasteiger partial charge in [0.15, 0.2) is 0 Å². The van der Waals surface area contributed by atoms with Crippen LogP contribution in [0.4, 0.5) is 0 Å². The predicted octanol–water partition coefficient (Wildman–Crippen LogP) is 0.761. The lowest BCUT2D eigenvalue weighted by Gasteiger charge is -1.90. The maximum atomic E-state index is 4.85. The first-order chi connectivity index (χ1) is 3.15. The van der Waals surface area contributed by atoms with Crippen molar-refractivity contribution < 1.29 is 0 Å². The van der Waals surface area contributed by atoms with Crippen molar-refractivity contribution in [3.05, 3.63) is 0 Å². The van der Waals surface area contributed by atoms with Crippen LogP contribution in [0.25, 0.3) is 0 Å². The van der Waals surface area contributed by atoms with Crippen molar-refractivity contribution >= 4 is 24.0 Å². The summed E-state index contributed by atoms with van der Waals surface area (Å²) in [4.78, 5) is 2.00. The van der Waals surface area contributed by atoms with Crippen LogP contribution in [0, 0.1) is 0 Å². The van der Waals surface area contributed by atoms with E-state index in [1.807, 2.05) is 33.0 Å². The topological polar surface area (TPSA) is 29.3 Å². The monoisotopic (exact) mass is 232 g/mol. The van der Waals surface area contributed by atoms with Gasteiger partial charge in [0.2, 0.25) is 0 Å². The molecule has 0 unspecified atom stereocenters. The van der Waals surface area contributed by atoms with Crippen LogP contribution in [0.1, 0.15) is 6.92 Å². The zero-order chi connectivity index (χ0) is 6.28. The number of rotatable bonds is 0. The minimum Gasteiger partial charge on any atom is -0.331 e. The molecule has 0 atom stereocenters. The van der Waals surface area contributed by atoms with E-state index in [-0.39, 0.29) is 24.0 Å². The highest BCUT2D eigenvalue weighted by atomic mass is 127. The molecule has 0 radical (unpaired) electrons. The van der Waals surface area contributed by atoms with Crippen LogP contribution in [0.15, 0.2) is 0 Å². The molecule has 0 saturated carbocycles. The second kappa shape index (κ2) is 15.6. The molecule has 2 nitrogen and oxygen atoms in total. The van der Waals surface area contributed by atoms with Gasteiger partial charge in [-0.1, -0.05) is 6.92 Å². The van der Waals surface area contributed by atoms with E-state index < -0.39 is 0 Å². The van der Waals surface area contributed by atoms with Gasteiger partial charge in [-0.25, -0.2) is 0 Å². The Labute approximate surface area is 69.4 Å². The molecule has 0 heterocycles. The fourth-order valence-corrected chi connectivity index (χ4v) is 0. The SMILES string of the molecule is CCN.CN(C)C.I. The molecule has 0 aromatic carbocycles. The second-order valence-corrected chi connectivity index (χ2v) is 1.75. The van der Waals surface area contributed by atoms with Gasteiger partial charge in [0.05, 0.1) is 0 Å². The Morgan fingerprint density at radius 3 is 1.25 bits per heavy atom. The second-order valence-electron chi connectivity index (χ2n) is 1.75. The molecule has 0 aromatic rings. The highest BCUT2D eigenvalue weighted by Gasteiger charge is 1.58. The van der Waals surface area contributed by atoms with Gasteiger partial charge in [0, 0.05) is 0 Å². The third kappa shape index (κ3) is 502. The number of nitrogens with two attached hydrogens (primary N) is 1. The van der Waals surface area contributed by atoms with E-state index in [1.165, 1.54) is 0 Å². The zero-order valence-electron chi connectivity index (χ0n) is 6.14. The molecular formula is C5H17IN2. The minimum atomic E-state index is 0. The number of hydrogen-bond acceptors (Lipinski definition) is 2. The number of hydrogen-bond donors (Lipinski definition) is 1. The van der Waals surface area contributed by atoms with Crippen LogP contribution in [0.3, 0.4) is 0 Å². The smallest absolute Gasteiger partial charge is 0.0106 e. The lowest BCUT2D eigenvalue weighted by molar-refractivity contribution is 0.505. The van der Waals surface area contributed by atoms with Crippen LogP contribution < -0.4 is 5.73 Å². The summed E-state index contributed by atoms with van der Waals surface area (Å²) in [5.41, 5.74) is 4.85. The standard InChI is InChI=1S/C3H9N.C2H7N.HI/c1-4(2)3;1-2-3;/h1-3H3;2-3H2,1H3;1H. The summed E-state index contributed by atoms with van der Waals surface area (Å²) < 4.78 is 0. The predicted molar refractivity (Wildman–Crippen MR) is 49.8 cm³/mol. The maximum Gasteiger partial charge on any atom is -0.0106 e. The van der Waals surface area contributed by atoms with Gasteiger partial charge >= 0.3 is 0 Å². The van der Waals surface area contributed by atoms with Gasteiger partial charge in [0.1, 0.15) is 0 Å². The molecule has 2 N–H and O–H groups in total. The van der Waals surface area contributed by atoms with Crippen molar-refractivity contribution in [3.8, 4) is 0 Å². The number of nitrogens with zero attached hydrogens (tertiary/aromatic N) is 1. The summed E-state index contributed by atoms with van der Waals surface area (Å²) in [6, 6.07) is 0. The average molecular weight is 232 g/mol. The fraction of sp³-hybridized carbons (Fsp3) is 1.00. The zero-order valence-corrected chi connectivity index (χ0v) is 8.47. The van der Waals surface area contributed by atoms with Gasteiger partial charge in [-0.2, -0.15) is 0 Å². The Morgan fingerprint density at radius 1 is 1.25 bits per heavy atom. The van der Waals surface area contributed by atoms with Crippen molar-refractivity contribution in [1.82, 2.24) is 4.90 Å². The van der Waals surface area contributed by atoms with E-state index in [2.05, 4.69) is 0 Å². The Kier molecular flexibility index (Phi) is 31.0. The van der Waals surface area contributed by atoms with E-state index in [0.29, 0.717) is 0 Å². The van der Waals surface area contributed by atoms with E-state index in [0.717, 1.165) is 6.54 Å². The summed E-state index contributed by atoms with van der Waals surface area (Å²) in [6.07, 6.45) is 0. The fourth-order valence-electron chi connectivity index (χ4n) is 0. The van der Waals surface area contributed by atoms with Gasteiger partial charge in [-0.3, -0.25) is 0 Å². The highest BCUT2D eigenvalue weighted by molar-refractivity contribution is 14.0. The van der Waals surface area contributed by atoms with Gasteiger partial charge in [-0.05, 0) is 27.7 Å². The molecule has 0 aromatic heterocycles. The highest BCUT2D eigenvalue weighted by Crippen LogP contribution is 1.47. The molecule has 0 fully saturated rings. The first-order valence-corrected chi connectivity index (χ1v) is 2.46. The van der Waals surface area contributed by atoms with E-state index in [4.69, 9.17) is 5.73 Å². The molecule has 0 saturated heterocycles. The molecule has 8 heavy (non-hydrogen) atoms. The Morgan fingerprint density at radius 2 is 1.25 bits per heavy atom. The normalized spacial score (nSPS) is 6.75. The van der Waals surface area contributed by atoms with Crippen molar-refractivity contribution in [2.45, 2.75) is 6.92 Å². The molecular weight excluding hydrogens is 215 g/mol. The average Bonchev–Trinajstić information content (AvgIpc) is 1.33. The van der Waals surface area contributed by atoms with Crippen molar-refractivity contribution in [1.29, 1.82) is 0 Å². The summed E-state index contributed by atoms with van der Waals surface area (Å²) in [5, 5.41) is 0. The minimum absolute atomic E-state index is 0. The molecule has 0 rings (SSSR count). The van der Waals surface area contributed by atoms with E-state index in [1.54, 1.807) is 0 Å². The van der Waals surface area contributed by atoms with Crippen LogP contribution in [0.2, 0.25) is 0 Å². The van der Waals surface area contributed by atoms with Crippen molar-refractivity contribution in [2.75, 3.05) is 27.7 Å². The molecule has 0 bridgehead atoms. The van der Waals surface area contributed by atoms with E-state index in [9.17, 15) is 0 Å². The summed E-state index contributed by atoms with van der Waals surface area (Å²) >= 11 is 0. The lowest BCUT2D eigenvalue weighted by Crippen LogP contribution is -1.99. The molecule has 0 amide bonds.